The van der Waals surface area contributed by atoms with Crippen LogP contribution < -0.4 is 0 Å². The minimum Gasteiger partial charge on any atom is -0.338 e. The standard InChI is InChI=1S/C5H5F7O3/c6-1-3(13-2-4(7,8)9)14-15-5(10,11)12/h3H,1-2H2. The van der Waals surface area contributed by atoms with Gasteiger partial charge in [-0.15, -0.1) is 18.1 Å². The lowest BCUT2D eigenvalue weighted by atomic mass is 10.6. The second-order valence-corrected chi connectivity index (χ2v) is 2.14. The molecule has 10 heteroatoms. The van der Waals surface area contributed by atoms with Crippen LogP contribution in [0.2, 0.25) is 0 Å². The molecule has 0 aromatic rings. The second kappa shape index (κ2) is 5.47. The normalized spacial score (nSPS) is 15.4. The molecule has 0 aliphatic heterocycles. The lowest BCUT2D eigenvalue weighted by Crippen LogP contribution is -2.29. The Morgan fingerprint density at radius 1 is 1.00 bits per heavy atom. The Balaban J connectivity index is 3.84. The van der Waals surface area contributed by atoms with Gasteiger partial charge in [0.25, 0.3) is 0 Å². The SMILES string of the molecule is FCC(OCC(F)(F)F)OOC(F)(F)F. The molecule has 0 N–H and O–H groups in total. The van der Waals surface area contributed by atoms with Crippen molar-refractivity contribution in [2.45, 2.75) is 18.8 Å². The largest absolute Gasteiger partial charge is 0.549 e. The Morgan fingerprint density at radius 3 is 1.87 bits per heavy atom. The first-order chi connectivity index (χ1) is 6.64. The van der Waals surface area contributed by atoms with Crippen LogP contribution in [0.15, 0.2) is 0 Å². The number of halogens is 7. The Morgan fingerprint density at radius 2 is 1.53 bits per heavy atom. The summed E-state index contributed by atoms with van der Waals surface area (Å²) in [4.78, 5) is 5.84. The van der Waals surface area contributed by atoms with Crippen LogP contribution in [0.4, 0.5) is 30.7 Å². The molecule has 0 radical (unpaired) electrons. The van der Waals surface area contributed by atoms with E-state index in [1.807, 2.05) is 0 Å². The van der Waals surface area contributed by atoms with Crippen molar-refractivity contribution in [1.82, 2.24) is 0 Å². The van der Waals surface area contributed by atoms with E-state index in [0.717, 1.165) is 0 Å². The van der Waals surface area contributed by atoms with E-state index in [1.54, 1.807) is 0 Å². The van der Waals surface area contributed by atoms with E-state index < -0.39 is 32.1 Å². The van der Waals surface area contributed by atoms with Crippen LogP contribution in [0.5, 0.6) is 0 Å². The van der Waals surface area contributed by atoms with E-state index in [9.17, 15) is 30.7 Å². The average Bonchev–Trinajstić information content (AvgIpc) is 2.00. The fraction of sp³-hybridized carbons (Fsp3) is 1.00. The lowest BCUT2D eigenvalue weighted by molar-refractivity contribution is -0.519. The van der Waals surface area contributed by atoms with Crippen molar-refractivity contribution >= 4 is 0 Å². The molecule has 15 heavy (non-hydrogen) atoms. The van der Waals surface area contributed by atoms with Crippen LogP contribution in [-0.2, 0) is 14.5 Å². The summed E-state index contributed by atoms with van der Waals surface area (Å²) >= 11 is 0. The molecule has 0 saturated carbocycles. The summed E-state index contributed by atoms with van der Waals surface area (Å²) in [5.74, 6) is 0. The third-order valence-corrected chi connectivity index (χ3v) is 0.809. The molecule has 0 rings (SSSR count). The van der Waals surface area contributed by atoms with Crippen LogP contribution in [0.25, 0.3) is 0 Å². The van der Waals surface area contributed by atoms with Gasteiger partial charge in [-0.2, -0.15) is 18.1 Å². The van der Waals surface area contributed by atoms with Crippen molar-refractivity contribution in [2.24, 2.45) is 0 Å². The zero-order valence-corrected chi connectivity index (χ0v) is 6.86. The van der Waals surface area contributed by atoms with Gasteiger partial charge < -0.3 is 4.74 Å². The highest BCUT2D eigenvalue weighted by Gasteiger charge is 2.34. The van der Waals surface area contributed by atoms with Gasteiger partial charge in [-0.25, -0.2) is 4.39 Å². The number of rotatable bonds is 5. The Labute approximate surface area is 78.6 Å². The van der Waals surface area contributed by atoms with E-state index in [0.29, 0.717) is 0 Å². The molecule has 92 valence electrons. The predicted octanol–water partition coefficient (Wildman–Crippen LogP) is 2.33. The molecular weight excluding hydrogens is 241 g/mol. The quantitative estimate of drug-likeness (QED) is 0.322. The van der Waals surface area contributed by atoms with Crippen LogP contribution in [-0.4, -0.2) is 32.1 Å². The minimum atomic E-state index is -5.24. The zero-order chi connectivity index (χ0) is 12.1. The van der Waals surface area contributed by atoms with Gasteiger partial charge in [0.1, 0.15) is 13.3 Å². The second-order valence-electron chi connectivity index (χ2n) is 2.14. The number of hydrogen-bond acceptors (Lipinski definition) is 3. The molecule has 1 atom stereocenters. The molecule has 0 aromatic heterocycles. The van der Waals surface area contributed by atoms with Gasteiger partial charge in [0, 0.05) is 0 Å². The molecule has 0 bridgehead atoms. The van der Waals surface area contributed by atoms with Gasteiger partial charge in [0.15, 0.2) is 0 Å². The van der Waals surface area contributed by atoms with Gasteiger partial charge in [-0.05, 0) is 0 Å². The first-order valence-corrected chi connectivity index (χ1v) is 3.29. The monoisotopic (exact) mass is 246 g/mol. The topological polar surface area (TPSA) is 27.7 Å². The van der Waals surface area contributed by atoms with Gasteiger partial charge in [-0.1, -0.05) is 0 Å². The van der Waals surface area contributed by atoms with Crippen molar-refractivity contribution in [3.05, 3.63) is 0 Å². The fourth-order valence-electron chi connectivity index (χ4n) is 0.394. The summed E-state index contributed by atoms with van der Waals surface area (Å²) in [6.45, 7) is -3.66. The van der Waals surface area contributed by atoms with E-state index in [-0.39, 0.29) is 0 Å². The Hall–Kier alpha value is -0.610. The Bertz CT molecular complexity index is 158. The smallest absolute Gasteiger partial charge is 0.338 e. The fourth-order valence-corrected chi connectivity index (χ4v) is 0.394. The average molecular weight is 246 g/mol. The maximum atomic E-state index is 11.7. The van der Waals surface area contributed by atoms with Crippen LogP contribution in [0.1, 0.15) is 0 Å². The highest BCUT2D eigenvalue weighted by molar-refractivity contribution is 4.47. The summed E-state index contributed by atoms with van der Waals surface area (Å²) in [5, 5.41) is 0. The van der Waals surface area contributed by atoms with E-state index in [4.69, 9.17) is 0 Å². The third kappa shape index (κ3) is 9.69. The molecule has 0 aromatic carbocycles. The maximum absolute atomic E-state index is 11.7. The van der Waals surface area contributed by atoms with Crippen molar-refractivity contribution in [3.63, 3.8) is 0 Å². The van der Waals surface area contributed by atoms with Gasteiger partial charge in [0.05, 0.1) is 0 Å². The molecule has 3 nitrogen and oxygen atoms in total. The highest BCUT2D eigenvalue weighted by atomic mass is 19.4. The molecule has 0 aliphatic carbocycles. The highest BCUT2D eigenvalue weighted by Crippen LogP contribution is 2.19. The molecule has 1 unspecified atom stereocenters. The summed E-state index contributed by atoms with van der Waals surface area (Å²) in [5.41, 5.74) is 0. The molecule has 0 spiro atoms. The van der Waals surface area contributed by atoms with Crippen molar-refractivity contribution in [1.29, 1.82) is 0 Å². The first kappa shape index (κ1) is 14.4. The molecule has 0 aliphatic rings. The number of hydrogen-bond donors (Lipinski definition) is 0. The van der Waals surface area contributed by atoms with Crippen LogP contribution >= 0.6 is 0 Å². The first-order valence-electron chi connectivity index (χ1n) is 3.29. The summed E-state index contributed by atoms with van der Waals surface area (Å²) in [6, 6.07) is 0. The zero-order valence-electron chi connectivity index (χ0n) is 6.86. The Kier molecular flexibility index (Phi) is 5.24. The molecule has 0 heterocycles. The summed E-state index contributed by atoms with van der Waals surface area (Å²) < 4.78 is 83.6. The number of ether oxygens (including phenoxy) is 1. The number of alkyl halides is 7. The lowest BCUT2D eigenvalue weighted by Gasteiger charge is -2.15. The van der Waals surface area contributed by atoms with Gasteiger partial charge >= 0.3 is 12.5 Å². The minimum absolute atomic E-state index is 1.72. The van der Waals surface area contributed by atoms with Crippen LogP contribution in [0, 0.1) is 0 Å². The van der Waals surface area contributed by atoms with E-state index in [1.165, 1.54) is 0 Å². The third-order valence-electron chi connectivity index (χ3n) is 0.809. The maximum Gasteiger partial charge on any atom is 0.549 e. The molecule has 0 saturated heterocycles. The molecular formula is C5H5F7O3. The molecule has 0 fully saturated rings. The van der Waals surface area contributed by atoms with E-state index >= 15 is 0 Å². The van der Waals surface area contributed by atoms with E-state index in [2.05, 4.69) is 14.5 Å². The van der Waals surface area contributed by atoms with Crippen molar-refractivity contribution < 1.29 is 45.2 Å². The van der Waals surface area contributed by atoms with Crippen molar-refractivity contribution in [2.75, 3.05) is 13.3 Å². The molecule has 0 amide bonds. The van der Waals surface area contributed by atoms with Gasteiger partial charge in [-0.3, -0.25) is 0 Å². The van der Waals surface area contributed by atoms with Crippen molar-refractivity contribution in [3.8, 4) is 0 Å². The van der Waals surface area contributed by atoms with Crippen LogP contribution in [0.3, 0.4) is 0 Å². The van der Waals surface area contributed by atoms with Gasteiger partial charge in [0.2, 0.25) is 6.29 Å². The summed E-state index contributed by atoms with van der Waals surface area (Å²) in [7, 11) is 0. The predicted molar refractivity (Wildman–Crippen MR) is 30.0 cm³/mol. The summed E-state index contributed by atoms with van der Waals surface area (Å²) in [6.07, 6.45) is -12.4.